The first kappa shape index (κ1) is 13.6. The minimum atomic E-state index is -0.168. The lowest BCUT2D eigenvalue weighted by Crippen LogP contribution is -2.50. The second-order valence-electron chi connectivity index (χ2n) is 5.14. The van der Waals surface area contributed by atoms with Crippen LogP contribution in [0, 0.1) is 0 Å². The minimum absolute atomic E-state index is 0.168. The summed E-state index contributed by atoms with van der Waals surface area (Å²) < 4.78 is 5.47. The molecule has 21 heavy (non-hydrogen) atoms. The van der Waals surface area contributed by atoms with Gasteiger partial charge in [0.25, 0.3) is 0 Å². The van der Waals surface area contributed by atoms with Gasteiger partial charge in [-0.15, -0.1) is 0 Å². The van der Waals surface area contributed by atoms with Crippen molar-refractivity contribution in [2.24, 2.45) is 0 Å². The number of benzene rings is 2. The Bertz CT molecular complexity index is 637. The predicted molar refractivity (Wildman–Crippen MR) is 84.8 cm³/mol. The van der Waals surface area contributed by atoms with Crippen LogP contribution in [0.2, 0.25) is 0 Å². The molecule has 0 spiro atoms. The normalized spacial score (nSPS) is 21.6. The fraction of sp³-hybridized carbons (Fsp3) is 0.167. The summed E-state index contributed by atoms with van der Waals surface area (Å²) in [5.74, 6) is 0. The maximum atomic E-state index is 12.3. The fourth-order valence-corrected chi connectivity index (χ4v) is 2.66. The van der Waals surface area contributed by atoms with Crippen molar-refractivity contribution in [1.29, 1.82) is 0 Å². The van der Waals surface area contributed by atoms with Gasteiger partial charge in [-0.3, -0.25) is 0 Å². The lowest BCUT2D eigenvalue weighted by atomic mass is 10.2. The molecule has 1 heterocycles. The molecule has 2 aromatic carbocycles. The highest BCUT2D eigenvalue weighted by atomic mass is 16.6. The first-order valence-corrected chi connectivity index (χ1v) is 7.13. The Morgan fingerprint density at radius 2 is 1.67 bits per heavy atom. The number of hydrogen-bond acceptors (Lipinski definition) is 2. The van der Waals surface area contributed by atoms with Crippen LogP contribution < -0.4 is 4.48 Å². The van der Waals surface area contributed by atoms with Crippen LogP contribution in [0.25, 0.3) is 6.08 Å². The van der Waals surface area contributed by atoms with Gasteiger partial charge in [0.1, 0.15) is 25.4 Å². The topological polar surface area (TPSA) is 26.3 Å². The zero-order valence-corrected chi connectivity index (χ0v) is 11.8. The van der Waals surface area contributed by atoms with Crippen LogP contribution in [0.5, 0.6) is 0 Å². The van der Waals surface area contributed by atoms with Crippen molar-refractivity contribution < 1.29 is 9.53 Å². The summed E-state index contributed by atoms with van der Waals surface area (Å²) in [5, 5.41) is 0. The number of cyclic esters (lactones) is 1. The molecule has 1 unspecified atom stereocenters. The number of carbonyl (C=O) groups excluding carboxylic acids is 1. The number of amides is 1. The van der Waals surface area contributed by atoms with Crippen LogP contribution in [0.4, 0.5) is 10.5 Å². The number of rotatable bonds is 4. The first-order chi connectivity index (χ1) is 10.3. The molecule has 1 aliphatic rings. The number of para-hydroxylation sites is 1. The molecule has 1 saturated heterocycles. The monoisotopic (exact) mass is 280 g/mol. The van der Waals surface area contributed by atoms with Gasteiger partial charge in [0.05, 0.1) is 0 Å². The Hall–Kier alpha value is -2.39. The predicted octanol–water partition coefficient (Wildman–Crippen LogP) is 3.86. The summed E-state index contributed by atoms with van der Waals surface area (Å²) in [4.78, 5) is 12.3. The molecule has 3 heteroatoms. The fourth-order valence-electron chi connectivity index (χ4n) is 2.66. The van der Waals surface area contributed by atoms with Crippen molar-refractivity contribution in [2.75, 3.05) is 19.7 Å². The zero-order valence-electron chi connectivity index (χ0n) is 11.8. The van der Waals surface area contributed by atoms with Crippen LogP contribution in [0.3, 0.4) is 0 Å². The molecule has 0 radical (unpaired) electrons. The largest absolute Gasteiger partial charge is 0.521 e. The molecule has 0 saturated carbocycles. The number of hydrogen-bond donors (Lipinski definition) is 0. The SMILES string of the molecule is O=C1OCC[N+]1(C/C=C/c1ccccc1)c1ccccc1. The van der Waals surface area contributed by atoms with Gasteiger partial charge in [0.2, 0.25) is 0 Å². The summed E-state index contributed by atoms with van der Waals surface area (Å²) in [6.07, 6.45) is 3.93. The molecular formula is C18H18NO2+. The number of quaternary nitrogens is 1. The standard InChI is InChI=1S/C18H18NO2/c20-18-19(14-15-21-18,17-11-5-2-6-12-17)13-7-10-16-8-3-1-4-9-16/h1-12H,13-15H2/q+1/b10-7+. The van der Waals surface area contributed by atoms with E-state index in [1.165, 1.54) is 0 Å². The molecule has 0 aliphatic carbocycles. The maximum Gasteiger partial charge on any atom is 0.521 e. The second-order valence-corrected chi connectivity index (χ2v) is 5.14. The van der Waals surface area contributed by atoms with Crippen molar-refractivity contribution in [2.45, 2.75) is 0 Å². The van der Waals surface area contributed by atoms with Crippen LogP contribution in [0.15, 0.2) is 66.7 Å². The van der Waals surface area contributed by atoms with E-state index in [1.54, 1.807) is 0 Å². The van der Waals surface area contributed by atoms with Gasteiger partial charge < -0.3 is 4.74 Å². The van der Waals surface area contributed by atoms with Crippen LogP contribution in [-0.2, 0) is 4.74 Å². The molecule has 106 valence electrons. The molecule has 1 amide bonds. The van der Waals surface area contributed by atoms with Crippen LogP contribution in [-0.4, -0.2) is 25.8 Å². The van der Waals surface area contributed by atoms with E-state index in [1.807, 2.05) is 60.7 Å². The van der Waals surface area contributed by atoms with Crippen LogP contribution >= 0.6 is 0 Å². The second kappa shape index (κ2) is 5.94. The molecule has 0 N–H and O–H groups in total. The Morgan fingerprint density at radius 1 is 1.00 bits per heavy atom. The molecule has 1 atom stereocenters. The smallest absolute Gasteiger partial charge is 0.414 e. The third kappa shape index (κ3) is 2.73. The quantitative estimate of drug-likeness (QED) is 0.795. The average molecular weight is 280 g/mol. The third-order valence-electron chi connectivity index (χ3n) is 3.83. The number of ether oxygens (including phenoxy) is 1. The lowest BCUT2D eigenvalue weighted by molar-refractivity contribution is 0.161. The minimum Gasteiger partial charge on any atom is -0.414 e. The van der Waals surface area contributed by atoms with E-state index in [0.29, 0.717) is 19.7 Å². The highest BCUT2D eigenvalue weighted by Crippen LogP contribution is 2.28. The van der Waals surface area contributed by atoms with Crippen molar-refractivity contribution in [1.82, 2.24) is 4.48 Å². The Balaban J connectivity index is 1.85. The van der Waals surface area contributed by atoms with Gasteiger partial charge in [-0.05, 0) is 23.8 Å². The van der Waals surface area contributed by atoms with Gasteiger partial charge >= 0.3 is 6.09 Å². The summed E-state index contributed by atoms with van der Waals surface area (Å²) in [7, 11) is 0. The average Bonchev–Trinajstić information content (AvgIpc) is 2.91. The van der Waals surface area contributed by atoms with E-state index in [2.05, 4.69) is 12.2 Å². The molecule has 0 bridgehead atoms. The van der Waals surface area contributed by atoms with Crippen LogP contribution in [0.1, 0.15) is 5.56 Å². The Morgan fingerprint density at radius 3 is 2.29 bits per heavy atom. The highest BCUT2D eigenvalue weighted by molar-refractivity contribution is 5.84. The Labute approximate surface area is 124 Å². The maximum absolute atomic E-state index is 12.3. The van der Waals surface area contributed by atoms with Crippen molar-refractivity contribution in [3.63, 3.8) is 0 Å². The highest BCUT2D eigenvalue weighted by Gasteiger charge is 2.45. The molecule has 1 aliphatic heterocycles. The lowest BCUT2D eigenvalue weighted by Gasteiger charge is -2.26. The molecule has 1 fully saturated rings. The third-order valence-corrected chi connectivity index (χ3v) is 3.83. The number of carbonyl (C=O) groups is 1. The van der Waals surface area contributed by atoms with E-state index in [9.17, 15) is 4.79 Å². The summed E-state index contributed by atoms with van der Waals surface area (Å²) in [5.41, 5.74) is 2.12. The number of nitrogens with zero attached hydrogens (tertiary/aromatic N) is 1. The van der Waals surface area contributed by atoms with E-state index < -0.39 is 0 Å². The van der Waals surface area contributed by atoms with E-state index in [-0.39, 0.29) is 10.6 Å². The summed E-state index contributed by atoms with van der Waals surface area (Å²) in [6.45, 7) is 1.77. The van der Waals surface area contributed by atoms with Crippen molar-refractivity contribution in [3.8, 4) is 0 Å². The molecule has 2 aromatic rings. The molecule has 0 aromatic heterocycles. The van der Waals surface area contributed by atoms with Gasteiger partial charge in [-0.25, -0.2) is 0 Å². The van der Waals surface area contributed by atoms with Crippen molar-refractivity contribution in [3.05, 3.63) is 72.3 Å². The van der Waals surface area contributed by atoms with Gasteiger partial charge in [-0.1, -0.05) is 54.6 Å². The molecule has 3 rings (SSSR count). The Kier molecular flexibility index (Phi) is 3.84. The van der Waals surface area contributed by atoms with Gasteiger partial charge in [0, 0.05) is 0 Å². The van der Waals surface area contributed by atoms with E-state index in [0.717, 1.165) is 11.3 Å². The summed E-state index contributed by atoms with van der Waals surface area (Å²) >= 11 is 0. The molecule has 3 nitrogen and oxygen atoms in total. The first-order valence-electron chi connectivity index (χ1n) is 7.13. The van der Waals surface area contributed by atoms with E-state index >= 15 is 0 Å². The summed E-state index contributed by atoms with van der Waals surface area (Å²) in [6, 6.07) is 20.0. The van der Waals surface area contributed by atoms with Crippen molar-refractivity contribution >= 4 is 17.9 Å². The van der Waals surface area contributed by atoms with Gasteiger partial charge in [-0.2, -0.15) is 9.28 Å². The molecular weight excluding hydrogens is 262 g/mol. The van der Waals surface area contributed by atoms with Gasteiger partial charge in [0.15, 0.2) is 0 Å². The van der Waals surface area contributed by atoms with E-state index in [4.69, 9.17) is 4.74 Å². The zero-order chi connectivity index (χ0) is 14.5.